The van der Waals surface area contributed by atoms with Crippen LogP contribution in [0.2, 0.25) is 5.15 Å². The first-order valence-electron chi connectivity index (χ1n) is 5.92. The van der Waals surface area contributed by atoms with Gasteiger partial charge in [-0.3, -0.25) is 0 Å². The molecule has 2 N–H and O–H groups in total. The lowest BCUT2D eigenvalue weighted by atomic mass is 9.87. The Kier molecular flexibility index (Phi) is 3.62. The molecule has 0 aliphatic carbocycles. The number of nitrogens with two attached hydrogens (primary N) is 1. The Bertz CT molecular complexity index is 576. The molecule has 1 aromatic heterocycles. The number of halogens is 1. The molecule has 0 saturated heterocycles. The summed E-state index contributed by atoms with van der Waals surface area (Å²) in [6.07, 6.45) is 1.32. The Hall–Kier alpha value is -1.81. The quantitative estimate of drug-likeness (QED) is 0.848. The lowest BCUT2D eigenvalue weighted by Gasteiger charge is -2.19. The average Bonchev–Trinajstić information content (AvgIpc) is 2.35. The number of aromatic nitrogens is 2. The molecular weight excluding hydrogens is 262 g/mol. The molecule has 2 rings (SSSR count). The van der Waals surface area contributed by atoms with Crippen LogP contribution in [0, 0.1) is 0 Å². The molecule has 0 atom stereocenters. The highest BCUT2D eigenvalue weighted by Gasteiger charge is 2.14. The number of ether oxygens (including phenoxy) is 1. The predicted octanol–water partition coefficient (Wildman–Crippen LogP) is 3.80. The standard InChI is InChI=1S/C14H16ClN3O/c1-14(2,3)9-4-6-10(7-5-9)19-13-11(16)12(15)17-8-18-13/h4-8H,16H2,1-3H3. The zero-order valence-corrected chi connectivity index (χ0v) is 11.9. The second-order valence-corrected chi connectivity index (χ2v) is 5.62. The van der Waals surface area contributed by atoms with Gasteiger partial charge in [-0.15, -0.1) is 0 Å². The molecule has 0 spiro atoms. The first kappa shape index (κ1) is 13.6. The largest absolute Gasteiger partial charge is 0.437 e. The fraction of sp³-hybridized carbons (Fsp3) is 0.286. The lowest BCUT2D eigenvalue weighted by Crippen LogP contribution is -2.10. The zero-order chi connectivity index (χ0) is 14.0. The number of nitrogens with zero attached hydrogens (tertiary/aromatic N) is 2. The summed E-state index contributed by atoms with van der Waals surface area (Å²) in [5.74, 6) is 0.929. The summed E-state index contributed by atoms with van der Waals surface area (Å²) in [5, 5.41) is 0.191. The highest BCUT2D eigenvalue weighted by Crippen LogP contribution is 2.30. The number of nitrogen functional groups attached to an aromatic ring is 1. The molecule has 1 heterocycles. The van der Waals surface area contributed by atoms with Crippen LogP contribution in [-0.2, 0) is 5.41 Å². The molecule has 0 saturated carbocycles. The van der Waals surface area contributed by atoms with Crippen molar-refractivity contribution in [3.8, 4) is 11.6 Å². The molecule has 0 radical (unpaired) electrons. The van der Waals surface area contributed by atoms with Gasteiger partial charge in [-0.05, 0) is 23.1 Å². The van der Waals surface area contributed by atoms with Gasteiger partial charge in [0, 0.05) is 0 Å². The molecule has 0 amide bonds. The summed E-state index contributed by atoms with van der Waals surface area (Å²) in [7, 11) is 0. The summed E-state index contributed by atoms with van der Waals surface area (Å²) in [6, 6.07) is 7.81. The fourth-order valence-electron chi connectivity index (χ4n) is 1.58. The maximum absolute atomic E-state index is 5.81. The minimum atomic E-state index is 0.107. The van der Waals surface area contributed by atoms with E-state index in [-0.39, 0.29) is 22.1 Å². The van der Waals surface area contributed by atoms with E-state index in [4.69, 9.17) is 22.1 Å². The molecule has 100 valence electrons. The normalized spacial score (nSPS) is 11.4. The van der Waals surface area contributed by atoms with Crippen LogP contribution in [0.3, 0.4) is 0 Å². The molecule has 1 aromatic carbocycles. The van der Waals surface area contributed by atoms with Gasteiger partial charge < -0.3 is 10.5 Å². The number of hydrogen-bond donors (Lipinski definition) is 1. The molecule has 19 heavy (non-hydrogen) atoms. The SMILES string of the molecule is CC(C)(C)c1ccc(Oc2ncnc(Cl)c2N)cc1. The zero-order valence-electron chi connectivity index (χ0n) is 11.1. The van der Waals surface area contributed by atoms with E-state index in [0.29, 0.717) is 5.75 Å². The Morgan fingerprint density at radius 3 is 2.32 bits per heavy atom. The van der Waals surface area contributed by atoms with E-state index in [1.165, 1.54) is 11.9 Å². The van der Waals surface area contributed by atoms with Crippen molar-refractivity contribution in [3.63, 3.8) is 0 Å². The summed E-state index contributed by atoms with van der Waals surface area (Å²) in [6.45, 7) is 6.47. The maximum Gasteiger partial charge on any atom is 0.247 e. The van der Waals surface area contributed by atoms with Crippen molar-refractivity contribution in [3.05, 3.63) is 41.3 Å². The molecule has 2 aromatic rings. The van der Waals surface area contributed by atoms with Gasteiger partial charge in [0.05, 0.1) is 0 Å². The fourth-order valence-corrected chi connectivity index (χ4v) is 1.70. The second kappa shape index (κ2) is 5.05. The third-order valence-corrected chi connectivity index (χ3v) is 3.03. The van der Waals surface area contributed by atoms with Crippen molar-refractivity contribution in [1.82, 2.24) is 9.97 Å². The van der Waals surface area contributed by atoms with Gasteiger partial charge in [0.15, 0.2) is 5.15 Å². The van der Waals surface area contributed by atoms with E-state index in [0.717, 1.165) is 0 Å². The van der Waals surface area contributed by atoms with Crippen LogP contribution in [0.5, 0.6) is 11.6 Å². The van der Waals surface area contributed by atoms with Crippen molar-refractivity contribution in [1.29, 1.82) is 0 Å². The molecule has 0 unspecified atom stereocenters. The number of benzene rings is 1. The smallest absolute Gasteiger partial charge is 0.247 e. The molecule has 0 bridgehead atoms. The highest BCUT2D eigenvalue weighted by atomic mass is 35.5. The molecule has 4 nitrogen and oxygen atoms in total. The van der Waals surface area contributed by atoms with Gasteiger partial charge >= 0.3 is 0 Å². The van der Waals surface area contributed by atoms with Crippen molar-refractivity contribution in [2.75, 3.05) is 5.73 Å². The number of rotatable bonds is 2. The van der Waals surface area contributed by atoms with E-state index in [2.05, 4.69) is 30.7 Å². The molecular formula is C14H16ClN3O. The van der Waals surface area contributed by atoms with Crippen molar-refractivity contribution < 1.29 is 4.74 Å². The Morgan fingerprint density at radius 1 is 1.11 bits per heavy atom. The van der Waals surface area contributed by atoms with Gasteiger partial charge in [-0.1, -0.05) is 44.5 Å². The van der Waals surface area contributed by atoms with E-state index in [9.17, 15) is 0 Å². The molecule has 0 aliphatic rings. The van der Waals surface area contributed by atoms with E-state index in [1.54, 1.807) is 0 Å². The van der Waals surface area contributed by atoms with Crippen molar-refractivity contribution in [2.45, 2.75) is 26.2 Å². The van der Waals surface area contributed by atoms with E-state index in [1.807, 2.05) is 24.3 Å². The van der Waals surface area contributed by atoms with Crippen LogP contribution >= 0.6 is 11.6 Å². The van der Waals surface area contributed by atoms with Crippen molar-refractivity contribution in [2.24, 2.45) is 0 Å². The summed E-state index contributed by atoms with van der Waals surface area (Å²) < 4.78 is 5.60. The first-order chi connectivity index (χ1) is 8.88. The Labute approximate surface area is 117 Å². The topological polar surface area (TPSA) is 61.0 Å². The minimum Gasteiger partial charge on any atom is -0.437 e. The molecule has 0 fully saturated rings. The maximum atomic E-state index is 5.81. The monoisotopic (exact) mass is 277 g/mol. The molecule has 5 heteroatoms. The minimum absolute atomic E-state index is 0.107. The van der Waals surface area contributed by atoms with Gasteiger partial charge in [0.1, 0.15) is 17.8 Å². The van der Waals surface area contributed by atoms with Crippen molar-refractivity contribution >= 4 is 17.3 Å². The van der Waals surface area contributed by atoms with E-state index >= 15 is 0 Å². The predicted molar refractivity (Wildman–Crippen MR) is 76.7 cm³/mol. The third kappa shape index (κ3) is 3.15. The van der Waals surface area contributed by atoms with Gasteiger partial charge in [-0.2, -0.15) is 4.98 Å². The Morgan fingerprint density at radius 2 is 1.74 bits per heavy atom. The number of hydrogen-bond acceptors (Lipinski definition) is 4. The van der Waals surface area contributed by atoms with Crippen LogP contribution in [0.4, 0.5) is 5.69 Å². The van der Waals surface area contributed by atoms with Gasteiger partial charge in [0.2, 0.25) is 5.88 Å². The highest BCUT2D eigenvalue weighted by molar-refractivity contribution is 6.32. The second-order valence-electron chi connectivity index (χ2n) is 5.26. The summed E-state index contributed by atoms with van der Waals surface area (Å²) >= 11 is 5.81. The van der Waals surface area contributed by atoms with Crippen LogP contribution in [0.25, 0.3) is 0 Å². The van der Waals surface area contributed by atoms with Crippen LogP contribution in [0.15, 0.2) is 30.6 Å². The van der Waals surface area contributed by atoms with Crippen LogP contribution < -0.4 is 10.5 Å². The number of anilines is 1. The van der Waals surface area contributed by atoms with Gasteiger partial charge in [-0.25, -0.2) is 4.98 Å². The lowest BCUT2D eigenvalue weighted by molar-refractivity contribution is 0.463. The van der Waals surface area contributed by atoms with E-state index < -0.39 is 0 Å². The molecule has 0 aliphatic heterocycles. The van der Waals surface area contributed by atoms with Crippen LogP contribution in [0.1, 0.15) is 26.3 Å². The van der Waals surface area contributed by atoms with Gasteiger partial charge in [0.25, 0.3) is 0 Å². The average molecular weight is 278 g/mol. The van der Waals surface area contributed by atoms with Crippen LogP contribution in [-0.4, -0.2) is 9.97 Å². The first-order valence-corrected chi connectivity index (χ1v) is 6.30. The summed E-state index contributed by atoms with van der Waals surface area (Å²) in [4.78, 5) is 7.74. The Balaban J connectivity index is 2.23. The summed E-state index contributed by atoms with van der Waals surface area (Å²) in [5.41, 5.74) is 7.32. The third-order valence-electron chi connectivity index (χ3n) is 2.73.